The summed E-state index contributed by atoms with van der Waals surface area (Å²) in [4.78, 5) is 17.4. The molecule has 7 nitrogen and oxygen atoms in total. The number of nitrogens with zero attached hydrogens (tertiary/aromatic N) is 2. The van der Waals surface area contributed by atoms with Gasteiger partial charge in [-0.25, -0.2) is 17.8 Å². The number of aliphatic imine (C=N–C) groups is 1. The largest absolute Gasteiger partial charge is 0.310 e. The van der Waals surface area contributed by atoms with Gasteiger partial charge in [0.25, 0.3) is 5.91 Å². The maximum Gasteiger partial charge on any atom is 0.256 e. The lowest BCUT2D eigenvalue weighted by molar-refractivity contribution is 0.0976. The van der Waals surface area contributed by atoms with Crippen LogP contribution in [-0.2, 0) is 9.84 Å². The summed E-state index contributed by atoms with van der Waals surface area (Å²) in [6.07, 6.45) is 2.49. The number of aromatic nitrogens is 2. The molecule has 3 rings (SSSR count). The zero-order chi connectivity index (χ0) is 23.3. The number of rotatable bonds is 7. The summed E-state index contributed by atoms with van der Waals surface area (Å²) in [5, 5.41) is 9.84. The number of H-pyrrole nitrogens is 1. The first-order chi connectivity index (χ1) is 15.2. The number of halogens is 1. The Kier molecular flexibility index (Phi) is 7.19. The molecule has 0 aliphatic rings. The minimum atomic E-state index is -3.43. The summed E-state index contributed by atoms with van der Waals surface area (Å²) in [6, 6.07) is 13.6. The number of hydrogen-bond donors (Lipinski definition) is 2. The van der Waals surface area contributed by atoms with Crippen LogP contribution in [0, 0.1) is 11.7 Å². The Hall–Kier alpha value is -3.33. The van der Waals surface area contributed by atoms with Crippen LogP contribution in [-0.4, -0.2) is 36.6 Å². The van der Waals surface area contributed by atoms with Crippen molar-refractivity contribution in [2.75, 3.05) is 6.26 Å². The lowest BCUT2D eigenvalue weighted by Crippen LogP contribution is -2.31. The van der Waals surface area contributed by atoms with Crippen molar-refractivity contribution in [2.24, 2.45) is 10.9 Å². The highest BCUT2D eigenvalue weighted by molar-refractivity contribution is 7.90. The quantitative estimate of drug-likeness (QED) is 0.403. The van der Waals surface area contributed by atoms with Crippen LogP contribution in [0.1, 0.15) is 37.0 Å². The molecule has 0 spiro atoms. The number of amides is 1. The lowest BCUT2D eigenvalue weighted by Gasteiger charge is -2.13. The number of sulfone groups is 1. The second-order valence-electron chi connectivity index (χ2n) is 7.68. The molecule has 1 heterocycles. The highest BCUT2D eigenvalue weighted by Crippen LogP contribution is 2.22. The van der Waals surface area contributed by atoms with Gasteiger partial charge in [-0.15, -0.1) is 0 Å². The maximum atomic E-state index is 13.2. The number of nitrogens with one attached hydrogen (secondary N) is 2. The number of carbonyl (C=O) groups excluding carboxylic acids is 1. The number of carbonyl (C=O) groups is 1. The molecular weight excluding hydrogens is 431 g/mol. The number of benzene rings is 2. The van der Waals surface area contributed by atoms with Crippen LogP contribution in [0.15, 0.2) is 64.5 Å². The SMILES string of the molecule is CCC(C)CC(=Nc1cc(-c2ccc(F)cc2)[nH]n1)NC(=O)c1cccc(S(C)(=O)=O)c1. The molecule has 9 heteroatoms. The van der Waals surface area contributed by atoms with Crippen molar-refractivity contribution in [3.05, 3.63) is 66.0 Å². The predicted octanol–water partition coefficient (Wildman–Crippen LogP) is 4.52. The standard InChI is InChI=1S/C23H25FN4O3S/c1-4-15(2)12-21(26-23(29)17-6-5-7-19(13-17)32(3,30)31)25-22-14-20(27-28-22)16-8-10-18(24)11-9-16/h5-11,13-15H,4,12H2,1-3H3,(H2,25,26,27,28,29). The smallest absolute Gasteiger partial charge is 0.256 e. The van der Waals surface area contributed by atoms with Crippen molar-refractivity contribution >= 4 is 27.4 Å². The van der Waals surface area contributed by atoms with Crippen molar-refractivity contribution in [2.45, 2.75) is 31.6 Å². The molecule has 1 aromatic heterocycles. The van der Waals surface area contributed by atoms with Crippen LogP contribution in [0.2, 0.25) is 0 Å². The van der Waals surface area contributed by atoms with E-state index in [9.17, 15) is 17.6 Å². The third-order valence-electron chi connectivity index (χ3n) is 4.99. The summed E-state index contributed by atoms with van der Waals surface area (Å²) in [5.41, 5.74) is 1.64. The molecule has 0 aliphatic heterocycles. The van der Waals surface area contributed by atoms with Crippen LogP contribution >= 0.6 is 0 Å². The minimum absolute atomic E-state index is 0.0711. The van der Waals surface area contributed by atoms with E-state index in [0.29, 0.717) is 23.8 Å². The van der Waals surface area contributed by atoms with Crippen LogP contribution in [0.4, 0.5) is 10.2 Å². The van der Waals surface area contributed by atoms with E-state index in [1.807, 2.05) is 13.8 Å². The van der Waals surface area contributed by atoms with E-state index in [1.165, 1.54) is 30.3 Å². The van der Waals surface area contributed by atoms with Crippen molar-refractivity contribution in [3.63, 3.8) is 0 Å². The third kappa shape index (κ3) is 6.10. The van der Waals surface area contributed by atoms with E-state index in [1.54, 1.807) is 24.3 Å². The van der Waals surface area contributed by atoms with Gasteiger partial charge in [-0.1, -0.05) is 26.3 Å². The second kappa shape index (κ2) is 9.86. The van der Waals surface area contributed by atoms with E-state index < -0.39 is 15.7 Å². The van der Waals surface area contributed by atoms with E-state index in [0.717, 1.165) is 18.2 Å². The Balaban J connectivity index is 1.86. The molecule has 0 bridgehead atoms. The van der Waals surface area contributed by atoms with Gasteiger partial charge in [-0.2, -0.15) is 5.10 Å². The first-order valence-corrected chi connectivity index (χ1v) is 12.0. The second-order valence-corrected chi connectivity index (χ2v) is 9.69. The van der Waals surface area contributed by atoms with Gasteiger partial charge in [0.1, 0.15) is 11.7 Å². The molecular formula is C23H25FN4O3S. The van der Waals surface area contributed by atoms with Gasteiger partial charge in [-0.3, -0.25) is 9.89 Å². The fourth-order valence-electron chi connectivity index (χ4n) is 2.95. The Labute approximate surface area is 186 Å². The van der Waals surface area contributed by atoms with Crippen LogP contribution in [0.25, 0.3) is 11.3 Å². The topological polar surface area (TPSA) is 104 Å². The van der Waals surface area contributed by atoms with Gasteiger partial charge in [0.2, 0.25) is 0 Å². The predicted molar refractivity (Wildman–Crippen MR) is 122 cm³/mol. The summed E-state index contributed by atoms with van der Waals surface area (Å²) in [7, 11) is -3.43. The van der Waals surface area contributed by atoms with Crippen molar-refractivity contribution in [3.8, 4) is 11.3 Å². The first-order valence-electron chi connectivity index (χ1n) is 10.2. The normalized spacial score (nSPS) is 13.1. The fraction of sp³-hybridized carbons (Fsp3) is 0.261. The molecule has 1 unspecified atom stereocenters. The Morgan fingerprint density at radius 1 is 1.19 bits per heavy atom. The molecule has 1 atom stereocenters. The molecule has 32 heavy (non-hydrogen) atoms. The van der Waals surface area contributed by atoms with Gasteiger partial charge >= 0.3 is 0 Å². The monoisotopic (exact) mass is 456 g/mol. The first kappa shape index (κ1) is 23.3. The fourth-order valence-corrected chi connectivity index (χ4v) is 3.62. The molecule has 0 aliphatic carbocycles. The molecule has 0 saturated heterocycles. The third-order valence-corrected chi connectivity index (χ3v) is 6.10. The molecule has 168 valence electrons. The summed E-state index contributed by atoms with van der Waals surface area (Å²) >= 11 is 0. The zero-order valence-corrected chi connectivity index (χ0v) is 18.9. The van der Waals surface area contributed by atoms with Gasteiger partial charge < -0.3 is 5.32 Å². The molecule has 2 aromatic carbocycles. The molecule has 3 aromatic rings. The van der Waals surface area contributed by atoms with Gasteiger partial charge in [0.15, 0.2) is 15.7 Å². The van der Waals surface area contributed by atoms with Crippen LogP contribution < -0.4 is 5.32 Å². The highest BCUT2D eigenvalue weighted by Gasteiger charge is 2.15. The average Bonchev–Trinajstić information content (AvgIpc) is 3.22. The van der Waals surface area contributed by atoms with Crippen LogP contribution in [0.3, 0.4) is 0 Å². The summed E-state index contributed by atoms with van der Waals surface area (Å²) in [6.45, 7) is 4.08. The Morgan fingerprint density at radius 3 is 2.56 bits per heavy atom. The molecule has 1 amide bonds. The van der Waals surface area contributed by atoms with E-state index in [2.05, 4.69) is 20.5 Å². The van der Waals surface area contributed by atoms with Gasteiger partial charge in [-0.05, 0) is 53.9 Å². The molecule has 0 saturated carbocycles. The summed E-state index contributed by atoms with van der Waals surface area (Å²) < 4.78 is 36.8. The van der Waals surface area contributed by atoms with Crippen molar-refractivity contribution in [1.82, 2.24) is 15.5 Å². The van der Waals surface area contributed by atoms with E-state index in [-0.39, 0.29) is 22.2 Å². The van der Waals surface area contributed by atoms with E-state index in [4.69, 9.17) is 0 Å². The zero-order valence-electron chi connectivity index (χ0n) is 18.1. The molecule has 2 N–H and O–H groups in total. The maximum absolute atomic E-state index is 13.2. The Bertz CT molecular complexity index is 1230. The number of hydrogen-bond acceptors (Lipinski definition) is 5. The van der Waals surface area contributed by atoms with Crippen LogP contribution in [0.5, 0.6) is 0 Å². The number of aromatic amines is 1. The molecule has 0 fully saturated rings. The minimum Gasteiger partial charge on any atom is -0.310 e. The van der Waals surface area contributed by atoms with Crippen molar-refractivity contribution in [1.29, 1.82) is 0 Å². The summed E-state index contributed by atoms with van der Waals surface area (Å²) in [5.74, 6) is 0.267. The average molecular weight is 457 g/mol. The Morgan fingerprint density at radius 2 is 1.91 bits per heavy atom. The van der Waals surface area contributed by atoms with Crippen molar-refractivity contribution < 1.29 is 17.6 Å². The number of amidine groups is 1. The van der Waals surface area contributed by atoms with E-state index >= 15 is 0 Å². The molecule has 0 radical (unpaired) electrons. The van der Waals surface area contributed by atoms with Gasteiger partial charge in [0, 0.05) is 24.3 Å². The highest BCUT2D eigenvalue weighted by atomic mass is 32.2. The van der Waals surface area contributed by atoms with Gasteiger partial charge in [0.05, 0.1) is 10.6 Å². The lowest BCUT2D eigenvalue weighted by atomic mass is 10.0.